The first-order valence-electron chi connectivity index (χ1n) is 5.09. The van der Waals surface area contributed by atoms with Gasteiger partial charge in [0.15, 0.2) is 0 Å². The number of aromatic nitrogens is 2. The van der Waals surface area contributed by atoms with Crippen molar-refractivity contribution in [2.24, 2.45) is 17.3 Å². The number of nitrogens with zero attached hydrogens (tertiary/aromatic N) is 5. The SMILES string of the molecule is Cn1nc(OC2CC2)cc1NC1=NN=C[N]1. The van der Waals surface area contributed by atoms with Crippen LogP contribution in [0.2, 0.25) is 0 Å². The third kappa shape index (κ3) is 1.83. The summed E-state index contributed by atoms with van der Waals surface area (Å²) < 4.78 is 7.27. The zero-order chi connectivity index (χ0) is 11.0. The summed E-state index contributed by atoms with van der Waals surface area (Å²) in [6.45, 7) is 0. The van der Waals surface area contributed by atoms with Crippen molar-refractivity contribution in [1.29, 1.82) is 0 Å². The van der Waals surface area contributed by atoms with Gasteiger partial charge in [-0.05, 0) is 12.8 Å². The number of guanidine groups is 1. The molecule has 7 nitrogen and oxygen atoms in total. The van der Waals surface area contributed by atoms with Crippen LogP contribution in [0.3, 0.4) is 0 Å². The molecule has 1 radical (unpaired) electrons. The molecule has 0 amide bonds. The van der Waals surface area contributed by atoms with Crippen LogP contribution in [0, 0.1) is 0 Å². The molecule has 2 heterocycles. The monoisotopic (exact) mass is 219 g/mol. The number of anilines is 1. The standard InChI is InChI=1S/C9H11N6O/c1-15-7(12-9-10-5-11-13-9)4-8(14-15)16-6-2-3-6/h4-6H,2-3H2,1H3,(H,12,13). The third-order valence-corrected chi connectivity index (χ3v) is 2.29. The van der Waals surface area contributed by atoms with E-state index < -0.39 is 0 Å². The normalized spacial score (nSPS) is 18.2. The molecule has 1 aromatic heterocycles. The van der Waals surface area contributed by atoms with Crippen LogP contribution in [0.5, 0.6) is 5.88 Å². The molecule has 0 unspecified atom stereocenters. The maximum atomic E-state index is 5.58. The van der Waals surface area contributed by atoms with Crippen LogP contribution in [0.15, 0.2) is 16.3 Å². The first-order valence-corrected chi connectivity index (χ1v) is 5.09. The van der Waals surface area contributed by atoms with Crippen molar-refractivity contribution >= 4 is 18.1 Å². The molecule has 0 saturated heterocycles. The van der Waals surface area contributed by atoms with E-state index in [0.29, 0.717) is 17.9 Å². The van der Waals surface area contributed by atoms with Crippen molar-refractivity contribution in [1.82, 2.24) is 15.1 Å². The van der Waals surface area contributed by atoms with Gasteiger partial charge in [-0.25, -0.2) is 4.68 Å². The Balaban J connectivity index is 1.70. The Kier molecular flexibility index (Phi) is 2.02. The summed E-state index contributed by atoms with van der Waals surface area (Å²) in [5, 5.41) is 18.6. The quantitative estimate of drug-likeness (QED) is 0.793. The number of nitrogens with one attached hydrogen (secondary N) is 1. The van der Waals surface area contributed by atoms with E-state index in [2.05, 4.69) is 25.9 Å². The highest BCUT2D eigenvalue weighted by Crippen LogP contribution is 2.27. The summed E-state index contributed by atoms with van der Waals surface area (Å²) in [4.78, 5) is 0. The molecular formula is C9H11N6O. The van der Waals surface area contributed by atoms with Crippen molar-refractivity contribution in [3.05, 3.63) is 6.07 Å². The molecular weight excluding hydrogens is 208 g/mol. The number of rotatable bonds is 3. The second-order valence-electron chi connectivity index (χ2n) is 3.72. The van der Waals surface area contributed by atoms with Gasteiger partial charge in [0.2, 0.25) is 11.8 Å². The topological polar surface area (TPSA) is 77.9 Å². The molecule has 1 saturated carbocycles. The molecule has 1 N–H and O–H groups in total. The molecule has 83 valence electrons. The Morgan fingerprint density at radius 3 is 3.06 bits per heavy atom. The van der Waals surface area contributed by atoms with Crippen LogP contribution in [0.25, 0.3) is 0 Å². The highest BCUT2D eigenvalue weighted by atomic mass is 16.5. The Labute approximate surface area is 92.2 Å². The van der Waals surface area contributed by atoms with Crippen LogP contribution in [-0.2, 0) is 7.05 Å². The smallest absolute Gasteiger partial charge is 0.249 e. The lowest BCUT2D eigenvalue weighted by molar-refractivity contribution is 0.288. The molecule has 0 atom stereocenters. The van der Waals surface area contributed by atoms with Crippen LogP contribution in [0.1, 0.15) is 12.8 Å². The molecule has 0 spiro atoms. The third-order valence-electron chi connectivity index (χ3n) is 2.29. The van der Waals surface area contributed by atoms with E-state index in [9.17, 15) is 0 Å². The zero-order valence-electron chi connectivity index (χ0n) is 8.79. The molecule has 0 bridgehead atoms. The Bertz CT molecular complexity index is 459. The van der Waals surface area contributed by atoms with E-state index in [1.165, 1.54) is 6.34 Å². The lowest BCUT2D eigenvalue weighted by atomic mass is 10.6. The van der Waals surface area contributed by atoms with Gasteiger partial charge in [0, 0.05) is 13.1 Å². The highest BCUT2D eigenvalue weighted by molar-refractivity contribution is 6.01. The summed E-state index contributed by atoms with van der Waals surface area (Å²) in [5.74, 6) is 1.87. The summed E-state index contributed by atoms with van der Waals surface area (Å²) in [5.41, 5.74) is 0. The molecule has 1 fully saturated rings. The van der Waals surface area contributed by atoms with Crippen LogP contribution in [-0.4, -0.2) is 28.2 Å². The van der Waals surface area contributed by atoms with Gasteiger partial charge in [-0.1, -0.05) is 0 Å². The largest absolute Gasteiger partial charge is 0.473 e. The Hall–Kier alpha value is -2.05. The van der Waals surface area contributed by atoms with Gasteiger partial charge in [-0.2, -0.15) is 5.32 Å². The van der Waals surface area contributed by atoms with Crippen molar-refractivity contribution in [3.63, 3.8) is 0 Å². The fourth-order valence-corrected chi connectivity index (χ4v) is 1.33. The second kappa shape index (κ2) is 3.51. The average molecular weight is 219 g/mol. The summed E-state index contributed by atoms with van der Waals surface area (Å²) in [6, 6.07) is 1.83. The van der Waals surface area contributed by atoms with Crippen molar-refractivity contribution < 1.29 is 4.74 Å². The van der Waals surface area contributed by atoms with Gasteiger partial charge < -0.3 is 10.1 Å². The first-order chi connectivity index (χ1) is 7.81. The van der Waals surface area contributed by atoms with Crippen molar-refractivity contribution in [2.75, 3.05) is 5.32 Å². The highest BCUT2D eigenvalue weighted by Gasteiger charge is 2.25. The number of hydrogen-bond acceptors (Lipinski definition) is 5. The van der Waals surface area contributed by atoms with Gasteiger partial charge >= 0.3 is 0 Å². The molecule has 1 aliphatic heterocycles. The fourth-order valence-electron chi connectivity index (χ4n) is 1.33. The predicted octanol–water partition coefficient (Wildman–Crippen LogP) is 0.290. The molecule has 3 rings (SSSR count). The van der Waals surface area contributed by atoms with Crippen LogP contribution >= 0.6 is 0 Å². The lowest BCUT2D eigenvalue weighted by Crippen LogP contribution is -2.21. The van der Waals surface area contributed by atoms with E-state index in [0.717, 1.165) is 18.7 Å². The maximum absolute atomic E-state index is 5.58. The Morgan fingerprint density at radius 2 is 2.38 bits per heavy atom. The number of ether oxygens (including phenoxy) is 1. The zero-order valence-corrected chi connectivity index (χ0v) is 8.79. The molecule has 7 heteroatoms. The van der Waals surface area contributed by atoms with Crippen molar-refractivity contribution in [2.45, 2.75) is 18.9 Å². The molecule has 0 aromatic carbocycles. The van der Waals surface area contributed by atoms with E-state index in [4.69, 9.17) is 4.74 Å². The summed E-state index contributed by atoms with van der Waals surface area (Å²) >= 11 is 0. The van der Waals surface area contributed by atoms with E-state index in [1.54, 1.807) is 4.68 Å². The van der Waals surface area contributed by atoms with Crippen LogP contribution < -0.4 is 15.4 Å². The minimum absolute atomic E-state index is 0.347. The molecule has 1 aromatic rings. The summed E-state index contributed by atoms with van der Waals surface area (Å²) in [7, 11) is 1.83. The summed E-state index contributed by atoms with van der Waals surface area (Å²) in [6.07, 6.45) is 3.98. The predicted molar refractivity (Wildman–Crippen MR) is 58.5 cm³/mol. The number of hydrogen-bond donors (Lipinski definition) is 1. The second-order valence-corrected chi connectivity index (χ2v) is 3.72. The lowest BCUT2D eigenvalue weighted by Gasteiger charge is -2.01. The Morgan fingerprint density at radius 1 is 1.50 bits per heavy atom. The van der Waals surface area contributed by atoms with Gasteiger partial charge in [0.25, 0.3) is 0 Å². The van der Waals surface area contributed by atoms with Crippen LogP contribution in [0.4, 0.5) is 5.82 Å². The van der Waals surface area contributed by atoms with Crippen molar-refractivity contribution in [3.8, 4) is 5.88 Å². The molecule has 16 heavy (non-hydrogen) atoms. The van der Waals surface area contributed by atoms with Gasteiger partial charge in [-0.15, -0.1) is 15.3 Å². The minimum atomic E-state index is 0.347. The minimum Gasteiger partial charge on any atom is -0.473 e. The van der Waals surface area contributed by atoms with E-state index >= 15 is 0 Å². The van der Waals surface area contributed by atoms with Gasteiger partial charge in [0.1, 0.15) is 18.3 Å². The number of aryl methyl sites for hydroxylation is 1. The van der Waals surface area contributed by atoms with Gasteiger partial charge in [-0.3, -0.25) is 0 Å². The average Bonchev–Trinajstić information content (AvgIpc) is 2.79. The molecule has 2 aliphatic rings. The fraction of sp³-hybridized carbons (Fsp3) is 0.444. The maximum Gasteiger partial charge on any atom is 0.249 e. The van der Waals surface area contributed by atoms with E-state index in [1.807, 2.05) is 13.1 Å². The van der Waals surface area contributed by atoms with Gasteiger partial charge in [0.05, 0.1) is 0 Å². The van der Waals surface area contributed by atoms with E-state index in [-0.39, 0.29) is 0 Å². The first kappa shape index (κ1) is 9.20. The molecule has 1 aliphatic carbocycles.